The van der Waals surface area contributed by atoms with Crippen LogP contribution in [0.2, 0.25) is 0 Å². The fourth-order valence-corrected chi connectivity index (χ4v) is 1.53. The Hall–Kier alpha value is -1.91. The Bertz CT molecular complexity index is 417. The molecular weight excluding hydrogens is 222 g/mol. The van der Waals surface area contributed by atoms with E-state index in [4.69, 9.17) is 9.47 Å². The third kappa shape index (κ3) is 2.61. The number of aryl methyl sites for hydroxylation is 1. The first-order valence-corrected chi connectivity index (χ1v) is 5.09. The molecule has 5 nitrogen and oxygen atoms in total. The summed E-state index contributed by atoms with van der Waals surface area (Å²) >= 11 is 0. The molecule has 0 aliphatic heterocycles. The van der Waals surface area contributed by atoms with Gasteiger partial charge in [-0.1, -0.05) is 0 Å². The molecule has 1 amide bonds. The second kappa shape index (κ2) is 5.43. The van der Waals surface area contributed by atoms with E-state index in [1.54, 1.807) is 27.3 Å². The molecule has 0 unspecified atom stereocenters. The van der Waals surface area contributed by atoms with Crippen molar-refractivity contribution in [1.82, 2.24) is 0 Å². The largest absolute Gasteiger partial charge is 0.496 e. The first-order chi connectivity index (χ1) is 8.04. The molecule has 17 heavy (non-hydrogen) atoms. The summed E-state index contributed by atoms with van der Waals surface area (Å²) in [5.74, 6) is 1.28. The number of nitrogens with zero attached hydrogens (tertiary/aromatic N) is 1. The Morgan fingerprint density at radius 3 is 2.18 bits per heavy atom. The molecule has 0 saturated heterocycles. The van der Waals surface area contributed by atoms with Crippen molar-refractivity contribution in [3.63, 3.8) is 0 Å². The summed E-state index contributed by atoms with van der Waals surface area (Å²) in [6, 6.07) is 3.55. The molecule has 0 radical (unpaired) electrons. The molecule has 0 aromatic heterocycles. The minimum Gasteiger partial charge on any atom is -0.496 e. The lowest BCUT2D eigenvalue weighted by atomic mass is 10.1. The molecule has 94 valence electrons. The molecule has 1 aromatic rings. The van der Waals surface area contributed by atoms with Crippen molar-refractivity contribution in [3.05, 3.63) is 17.7 Å². The molecule has 1 rings (SSSR count). The van der Waals surface area contributed by atoms with Gasteiger partial charge in [0.2, 0.25) is 0 Å². The van der Waals surface area contributed by atoms with E-state index in [9.17, 15) is 4.79 Å². The van der Waals surface area contributed by atoms with Crippen LogP contribution < -0.4 is 14.4 Å². The molecule has 0 aliphatic rings. The smallest absolute Gasteiger partial charge is 0.413 e. The van der Waals surface area contributed by atoms with E-state index in [1.807, 2.05) is 13.0 Å². The zero-order valence-corrected chi connectivity index (χ0v) is 10.7. The zero-order valence-electron chi connectivity index (χ0n) is 10.7. The number of benzene rings is 1. The number of methoxy groups -OCH3 is 3. The molecule has 0 bridgehead atoms. The summed E-state index contributed by atoms with van der Waals surface area (Å²) in [5.41, 5.74) is 1.54. The Morgan fingerprint density at radius 1 is 1.12 bits per heavy atom. The van der Waals surface area contributed by atoms with Crippen molar-refractivity contribution >= 4 is 11.8 Å². The minimum atomic E-state index is -0.464. The van der Waals surface area contributed by atoms with Crippen molar-refractivity contribution in [3.8, 4) is 11.5 Å². The van der Waals surface area contributed by atoms with Gasteiger partial charge in [-0.05, 0) is 18.6 Å². The molecule has 0 aliphatic carbocycles. The van der Waals surface area contributed by atoms with Crippen LogP contribution in [0.1, 0.15) is 5.56 Å². The van der Waals surface area contributed by atoms with Gasteiger partial charge in [-0.25, -0.2) is 4.79 Å². The molecule has 0 heterocycles. The Balaban J connectivity index is 3.25. The molecule has 0 spiro atoms. The maximum Gasteiger partial charge on any atom is 0.413 e. The maximum absolute atomic E-state index is 11.5. The summed E-state index contributed by atoms with van der Waals surface area (Å²) in [6.45, 7) is 1.91. The van der Waals surface area contributed by atoms with Gasteiger partial charge in [0, 0.05) is 13.1 Å². The van der Waals surface area contributed by atoms with Crippen molar-refractivity contribution in [2.75, 3.05) is 33.3 Å². The quantitative estimate of drug-likeness (QED) is 0.811. The lowest BCUT2D eigenvalue weighted by Gasteiger charge is -2.20. The standard InChI is InChI=1S/C12H17NO4/c1-8-6-11(16-4)9(7-10(8)15-3)13(2)12(14)17-5/h6-7H,1-5H3. The first kappa shape index (κ1) is 13.2. The number of anilines is 1. The molecular formula is C12H17NO4. The Labute approximate surface area is 101 Å². The molecule has 0 N–H and O–H groups in total. The average molecular weight is 239 g/mol. The fourth-order valence-electron chi connectivity index (χ4n) is 1.53. The van der Waals surface area contributed by atoms with Crippen LogP contribution in [0.3, 0.4) is 0 Å². The van der Waals surface area contributed by atoms with E-state index in [0.29, 0.717) is 17.2 Å². The summed E-state index contributed by atoms with van der Waals surface area (Å²) in [6.07, 6.45) is -0.464. The highest BCUT2D eigenvalue weighted by molar-refractivity contribution is 5.89. The third-order valence-corrected chi connectivity index (χ3v) is 2.51. The van der Waals surface area contributed by atoms with Crippen LogP contribution >= 0.6 is 0 Å². The van der Waals surface area contributed by atoms with Crippen LogP contribution in [0.5, 0.6) is 11.5 Å². The first-order valence-electron chi connectivity index (χ1n) is 5.09. The summed E-state index contributed by atoms with van der Waals surface area (Å²) in [5, 5.41) is 0. The van der Waals surface area contributed by atoms with Crippen molar-refractivity contribution in [2.45, 2.75) is 6.92 Å². The van der Waals surface area contributed by atoms with E-state index < -0.39 is 6.09 Å². The highest BCUT2D eigenvalue weighted by Gasteiger charge is 2.17. The molecule has 1 aromatic carbocycles. The van der Waals surface area contributed by atoms with Gasteiger partial charge in [-0.3, -0.25) is 4.90 Å². The third-order valence-electron chi connectivity index (χ3n) is 2.51. The molecule has 0 atom stereocenters. The van der Waals surface area contributed by atoms with Crippen molar-refractivity contribution < 1.29 is 19.0 Å². The Morgan fingerprint density at radius 2 is 1.71 bits per heavy atom. The van der Waals surface area contributed by atoms with E-state index >= 15 is 0 Å². The van der Waals surface area contributed by atoms with Crippen molar-refractivity contribution in [1.29, 1.82) is 0 Å². The number of hydrogen-bond donors (Lipinski definition) is 0. The van der Waals surface area contributed by atoms with Crippen LogP contribution in [0.4, 0.5) is 10.5 Å². The predicted octanol–water partition coefficient (Wildman–Crippen LogP) is 2.21. The normalized spacial score (nSPS) is 9.71. The minimum absolute atomic E-state index is 0.464. The van der Waals surface area contributed by atoms with E-state index in [-0.39, 0.29) is 0 Å². The van der Waals surface area contributed by atoms with Gasteiger partial charge in [-0.15, -0.1) is 0 Å². The van der Waals surface area contributed by atoms with Crippen LogP contribution in [0.25, 0.3) is 0 Å². The second-order valence-electron chi connectivity index (χ2n) is 3.52. The average Bonchev–Trinajstić information content (AvgIpc) is 2.36. The topological polar surface area (TPSA) is 48.0 Å². The van der Waals surface area contributed by atoms with Crippen LogP contribution in [0.15, 0.2) is 12.1 Å². The second-order valence-corrected chi connectivity index (χ2v) is 3.52. The summed E-state index contributed by atoms with van der Waals surface area (Å²) in [7, 11) is 6.07. The lowest BCUT2D eigenvalue weighted by molar-refractivity contribution is 0.180. The molecule has 5 heteroatoms. The van der Waals surface area contributed by atoms with Crippen LogP contribution in [-0.4, -0.2) is 34.5 Å². The number of carbonyl (C=O) groups excluding carboxylic acids is 1. The fraction of sp³-hybridized carbons (Fsp3) is 0.417. The number of carbonyl (C=O) groups is 1. The monoisotopic (exact) mass is 239 g/mol. The van der Waals surface area contributed by atoms with E-state index in [0.717, 1.165) is 5.56 Å². The van der Waals surface area contributed by atoms with E-state index in [2.05, 4.69) is 4.74 Å². The maximum atomic E-state index is 11.5. The van der Waals surface area contributed by atoms with Crippen LogP contribution in [0, 0.1) is 6.92 Å². The van der Waals surface area contributed by atoms with Crippen molar-refractivity contribution in [2.24, 2.45) is 0 Å². The number of amides is 1. The Kier molecular flexibility index (Phi) is 4.20. The molecule has 0 saturated carbocycles. The van der Waals surface area contributed by atoms with Gasteiger partial charge < -0.3 is 14.2 Å². The highest BCUT2D eigenvalue weighted by atomic mass is 16.5. The predicted molar refractivity (Wildman–Crippen MR) is 65.1 cm³/mol. The highest BCUT2D eigenvalue weighted by Crippen LogP contribution is 2.34. The summed E-state index contributed by atoms with van der Waals surface area (Å²) in [4.78, 5) is 12.8. The number of hydrogen-bond acceptors (Lipinski definition) is 4. The number of ether oxygens (including phenoxy) is 3. The zero-order chi connectivity index (χ0) is 13.0. The van der Waals surface area contributed by atoms with Gasteiger partial charge >= 0.3 is 6.09 Å². The number of rotatable bonds is 3. The SMILES string of the molecule is COC(=O)N(C)c1cc(OC)c(C)cc1OC. The van der Waals surface area contributed by atoms with Gasteiger partial charge in [0.05, 0.1) is 27.0 Å². The lowest BCUT2D eigenvalue weighted by Crippen LogP contribution is -2.26. The summed E-state index contributed by atoms with van der Waals surface area (Å²) < 4.78 is 15.1. The van der Waals surface area contributed by atoms with Gasteiger partial charge in [-0.2, -0.15) is 0 Å². The molecule has 0 fully saturated rings. The van der Waals surface area contributed by atoms with E-state index in [1.165, 1.54) is 12.0 Å². The van der Waals surface area contributed by atoms with Gasteiger partial charge in [0.25, 0.3) is 0 Å². The van der Waals surface area contributed by atoms with Gasteiger partial charge in [0.1, 0.15) is 11.5 Å². The van der Waals surface area contributed by atoms with Crippen LogP contribution in [-0.2, 0) is 4.74 Å². The van der Waals surface area contributed by atoms with Gasteiger partial charge in [0.15, 0.2) is 0 Å².